The van der Waals surface area contributed by atoms with Crippen LogP contribution in [0.15, 0.2) is 36.4 Å². The fourth-order valence-electron chi connectivity index (χ4n) is 3.04. The molecule has 2 aromatic carbocycles. The number of hydrogen-bond donors (Lipinski definition) is 1. The number of halogens is 1. The second kappa shape index (κ2) is 6.91. The van der Waals surface area contributed by atoms with Crippen LogP contribution < -0.4 is 5.73 Å². The van der Waals surface area contributed by atoms with E-state index in [9.17, 15) is 0 Å². The third-order valence-corrected chi connectivity index (χ3v) is 4.91. The molecule has 23 heavy (non-hydrogen) atoms. The highest BCUT2D eigenvalue weighted by Gasteiger charge is 2.14. The standard InChI is InChI=1S/C19H24ClN3/c1-14-10-17(12-18(20)19(14)21)16-5-3-4-15(11-16)13-23-8-6-22(2)7-9-23/h3-5,10-12H,6-9,13,21H2,1-2H3. The molecule has 1 saturated heterocycles. The lowest BCUT2D eigenvalue weighted by Crippen LogP contribution is -2.43. The van der Waals surface area contributed by atoms with E-state index in [0.29, 0.717) is 10.7 Å². The van der Waals surface area contributed by atoms with Crippen LogP contribution in [0.1, 0.15) is 11.1 Å². The molecular weight excluding hydrogens is 306 g/mol. The minimum Gasteiger partial charge on any atom is -0.397 e. The quantitative estimate of drug-likeness (QED) is 0.872. The molecule has 4 heteroatoms. The van der Waals surface area contributed by atoms with Gasteiger partial charge in [-0.15, -0.1) is 0 Å². The summed E-state index contributed by atoms with van der Waals surface area (Å²) in [6.45, 7) is 7.56. The zero-order valence-electron chi connectivity index (χ0n) is 13.8. The summed E-state index contributed by atoms with van der Waals surface area (Å²) in [4.78, 5) is 4.90. The number of hydrogen-bond acceptors (Lipinski definition) is 3. The summed E-state index contributed by atoms with van der Waals surface area (Å²) in [6.07, 6.45) is 0. The summed E-state index contributed by atoms with van der Waals surface area (Å²) >= 11 is 6.24. The molecule has 1 aliphatic rings. The molecule has 2 aromatic rings. The lowest BCUT2D eigenvalue weighted by molar-refractivity contribution is 0.148. The number of aryl methyl sites for hydroxylation is 1. The molecule has 0 amide bonds. The SMILES string of the molecule is Cc1cc(-c2cccc(CN3CCN(C)CC3)c2)cc(Cl)c1N. The van der Waals surface area contributed by atoms with Crippen molar-refractivity contribution in [2.24, 2.45) is 0 Å². The van der Waals surface area contributed by atoms with Crippen molar-refractivity contribution >= 4 is 17.3 Å². The van der Waals surface area contributed by atoms with E-state index in [2.05, 4.69) is 47.2 Å². The van der Waals surface area contributed by atoms with Crippen LogP contribution >= 0.6 is 11.6 Å². The molecule has 122 valence electrons. The first kappa shape index (κ1) is 16.3. The molecule has 0 aliphatic carbocycles. The van der Waals surface area contributed by atoms with Crippen molar-refractivity contribution in [3.8, 4) is 11.1 Å². The summed E-state index contributed by atoms with van der Waals surface area (Å²) in [5, 5.41) is 0.629. The third-order valence-electron chi connectivity index (χ3n) is 4.60. The van der Waals surface area contributed by atoms with Crippen LogP contribution in [0.3, 0.4) is 0 Å². The largest absolute Gasteiger partial charge is 0.397 e. The van der Waals surface area contributed by atoms with E-state index < -0.39 is 0 Å². The number of nitrogens with two attached hydrogens (primary N) is 1. The smallest absolute Gasteiger partial charge is 0.0644 e. The average Bonchev–Trinajstić information content (AvgIpc) is 2.54. The topological polar surface area (TPSA) is 32.5 Å². The van der Waals surface area contributed by atoms with Crippen molar-refractivity contribution in [3.05, 3.63) is 52.5 Å². The second-order valence-corrected chi connectivity index (χ2v) is 6.88. The Balaban J connectivity index is 1.80. The Hall–Kier alpha value is -1.55. The van der Waals surface area contributed by atoms with Gasteiger partial charge in [0.25, 0.3) is 0 Å². The Morgan fingerprint density at radius 1 is 1.04 bits per heavy atom. The van der Waals surface area contributed by atoms with Gasteiger partial charge in [0.15, 0.2) is 0 Å². The van der Waals surface area contributed by atoms with Gasteiger partial charge in [-0.2, -0.15) is 0 Å². The lowest BCUT2D eigenvalue weighted by atomic mass is 10.0. The van der Waals surface area contributed by atoms with Gasteiger partial charge >= 0.3 is 0 Å². The summed E-state index contributed by atoms with van der Waals surface area (Å²) in [7, 11) is 2.19. The van der Waals surface area contributed by atoms with Crippen molar-refractivity contribution < 1.29 is 0 Å². The number of nitrogens with zero attached hydrogens (tertiary/aromatic N) is 2. The van der Waals surface area contributed by atoms with Crippen molar-refractivity contribution in [2.75, 3.05) is 39.0 Å². The Bertz CT molecular complexity index is 668. The van der Waals surface area contributed by atoms with Crippen molar-refractivity contribution in [3.63, 3.8) is 0 Å². The van der Waals surface area contributed by atoms with E-state index >= 15 is 0 Å². The summed E-state index contributed by atoms with van der Waals surface area (Å²) < 4.78 is 0. The summed E-state index contributed by atoms with van der Waals surface area (Å²) in [5.41, 5.74) is 11.3. The van der Waals surface area contributed by atoms with E-state index in [-0.39, 0.29) is 0 Å². The summed E-state index contributed by atoms with van der Waals surface area (Å²) in [6, 6.07) is 12.8. The number of benzene rings is 2. The number of anilines is 1. The van der Waals surface area contributed by atoms with E-state index in [1.807, 2.05) is 13.0 Å². The highest BCUT2D eigenvalue weighted by Crippen LogP contribution is 2.30. The van der Waals surface area contributed by atoms with E-state index in [0.717, 1.165) is 43.9 Å². The molecule has 1 heterocycles. The number of rotatable bonds is 3. The maximum atomic E-state index is 6.24. The van der Waals surface area contributed by atoms with Crippen LogP contribution in [0.25, 0.3) is 11.1 Å². The first-order valence-corrected chi connectivity index (χ1v) is 8.46. The van der Waals surface area contributed by atoms with Gasteiger partial charge in [0.2, 0.25) is 0 Å². The van der Waals surface area contributed by atoms with Crippen molar-refractivity contribution in [1.29, 1.82) is 0 Å². The Morgan fingerprint density at radius 2 is 1.78 bits per heavy atom. The maximum absolute atomic E-state index is 6.24. The third kappa shape index (κ3) is 3.86. The number of likely N-dealkylation sites (N-methyl/N-ethyl adjacent to an activating group) is 1. The van der Waals surface area contributed by atoms with E-state index in [1.54, 1.807) is 0 Å². The molecule has 1 fully saturated rings. The van der Waals surface area contributed by atoms with Crippen LogP contribution in [0.2, 0.25) is 5.02 Å². The molecule has 3 nitrogen and oxygen atoms in total. The lowest BCUT2D eigenvalue weighted by Gasteiger charge is -2.32. The van der Waals surface area contributed by atoms with Crippen LogP contribution in [-0.2, 0) is 6.54 Å². The first-order valence-electron chi connectivity index (χ1n) is 8.09. The molecule has 1 aliphatic heterocycles. The molecule has 3 rings (SSSR count). The normalized spacial score (nSPS) is 16.7. The van der Waals surface area contributed by atoms with Crippen molar-refractivity contribution in [1.82, 2.24) is 9.80 Å². The molecule has 0 spiro atoms. The van der Waals surface area contributed by atoms with Gasteiger partial charge in [-0.1, -0.05) is 29.8 Å². The monoisotopic (exact) mass is 329 g/mol. The molecule has 0 aromatic heterocycles. The zero-order chi connectivity index (χ0) is 16.4. The minimum atomic E-state index is 0.629. The van der Waals surface area contributed by atoms with Gasteiger partial charge in [-0.3, -0.25) is 4.90 Å². The fraction of sp³-hybridized carbons (Fsp3) is 0.368. The van der Waals surface area contributed by atoms with E-state index in [4.69, 9.17) is 17.3 Å². The molecule has 0 bridgehead atoms. The minimum absolute atomic E-state index is 0.629. The highest BCUT2D eigenvalue weighted by atomic mass is 35.5. The van der Waals surface area contributed by atoms with Gasteiger partial charge < -0.3 is 10.6 Å². The van der Waals surface area contributed by atoms with Crippen LogP contribution in [-0.4, -0.2) is 43.0 Å². The average molecular weight is 330 g/mol. The predicted octanol–water partition coefficient (Wildman–Crippen LogP) is 3.65. The molecular formula is C19H24ClN3. The van der Waals surface area contributed by atoms with Gasteiger partial charge in [-0.05, 0) is 54.4 Å². The van der Waals surface area contributed by atoms with Crippen LogP contribution in [0, 0.1) is 6.92 Å². The predicted molar refractivity (Wildman–Crippen MR) is 98.8 cm³/mol. The Morgan fingerprint density at radius 3 is 2.48 bits per heavy atom. The van der Waals surface area contributed by atoms with Crippen LogP contribution in [0.5, 0.6) is 0 Å². The van der Waals surface area contributed by atoms with Crippen LogP contribution in [0.4, 0.5) is 5.69 Å². The Kier molecular flexibility index (Phi) is 4.90. The molecule has 0 radical (unpaired) electrons. The molecule has 2 N–H and O–H groups in total. The van der Waals surface area contributed by atoms with Gasteiger partial charge in [0, 0.05) is 32.7 Å². The van der Waals surface area contributed by atoms with Gasteiger partial charge in [0.05, 0.1) is 10.7 Å². The number of piperazine rings is 1. The number of nitrogen functional groups attached to an aromatic ring is 1. The molecule has 0 saturated carbocycles. The second-order valence-electron chi connectivity index (χ2n) is 6.47. The fourth-order valence-corrected chi connectivity index (χ4v) is 3.30. The highest BCUT2D eigenvalue weighted by molar-refractivity contribution is 6.33. The summed E-state index contributed by atoms with van der Waals surface area (Å²) in [5.74, 6) is 0. The molecule has 0 atom stereocenters. The Labute approximate surface area is 143 Å². The van der Waals surface area contributed by atoms with Crippen molar-refractivity contribution in [2.45, 2.75) is 13.5 Å². The van der Waals surface area contributed by atoms with Gasteiger partial charge in [0.1, 0.15) is 0 Å². The first-order chi connectivity index (χ1) is 11.0. The zero-order valence-corrected chi connectivity index (χ0v) is 14.6. The van der Waals surface area contributed by atoms with E-state index in [1.165, 1.54) is 11.1 Å². The molecule has 0 unspecified atom stereocenters. The maximum Gasteiger partial charge on any atom is 0.0644 e. The van der Waals surface area contributed by atoms with Gasteiger partial charge in [-0.25, -0.2) is 0 Å².